The van der Waals surface area contributed by atoms with Crippen LogP contribution in [0, 0.1) is 24.3 Å². The average molecular weight is 1320 g/mol. The van der Waals surface area contributed by atoms with Crippen molar-refractivity contribution >= 4 is 65.4 Å². The van der Waals surface area contributed by atoms with E-state index in [2.05, 4.69) is 168 Å². The number of hydrogen-bond acceptors (Lipinski definition) is 8. The van der Waals surface area contributed by atoms with Crippen LogP contribution in [0.15, 0.2) is 134 Å². The molecule has 12 aromatic rings. The molecule has 0 bridgehead atoms. The molecule has 0 aliphatic carbocycles. The van der Waals surface area contributed by atoms with Gasteiger partial charge in [0.1, 0.15) is 11.6 Å². The zero-order valence-corrected chi connectivity index (χ0v) is 46.2. The maximum absolute atomic E-state index is 6.66. The summed E-state index contributed by atoms with van der Waals surface area (Å²) in [6.07, 6.45) is 3.75. The van der Waals surface area contributed by atoms with Crippen molar-refractivity contribution in [2.24, 2.45) is 0 Å². The molecule has 12 rings (SSSR count). The maximum Gasteiger partial charge on any atom is 2.00 e. The van der Waals surface area contributed by atoms with E-state index in [1.807, 2.05) is 86.3 Å². The minimum absolute atomic E-state index is 0. The molecule has 11 nitrogen and oxygen atoms in total. The van der Waals surface area contributed by atoms with Crippen molar-refractivity contribution in [3.05, 3.63) is 175 Å². The van der Waals surface area contributed by atoms with Crippen molar-refractivity contribution in [2.75, 3.05) is 0 Å². The monoisotopic (exact) mass is 1320 g/mol. The van der Waals surface area contributed by atoms with Crippen LogP contribution in [-0.4, -0.2) is 44.1 Å². The Labute approximate surface area is 452 Å². The number of fused-ring (bicyclic) bond motifs is 9. The zero-order chi connectivity index (χ0) is 49.0. The molecule has 0 amide bonds. The van der Waals surface area contributed by atoms with E-state index >= 15 is 0 Å². The van der Waals surface area contributed by atoms with Gasteiger partial charge < -0.3 is 23.2 Å². The van der Waals surface area contributed by atoms with Crippen molar-refractivity contribution in [3.8, 4) is 40.6 Å². The normalized spacial score (nSPS) is 12.2. The van der Waals surface area contributed by atoms with Gasteiger partial charge in [0.25, 0.3) is 5.95 Å². The van der Waals surface area contributed by atoms with E-state index in [4.69, 9.17) is 19.4 Å². The van der Waals surface area contributed by atoms with Gasteiger partial charge >= 0.3 is 42.1 Å². The summed E-state index contributed by atoms with van der Waals surface area (Å²) in [5.41, 5.74) is 6.99. The molecular formula is C60H49N9O2Pt2. The van der Waals surface area contributed by atoms with Crippen molar-refractivity contribution in [2.45, 2.75) is 78.6 Å². The van der Waals surface area contributed by atoms with Crippen molar-refractivity contribution in [1.29, 1.82) is 0 Å². The van der Waals surface area contributed by atoms with Gasteiger partial charge in [0.05, 0.1) is 0 Å². The minimum atomic E-state index is -0.358. The fourth-order valence-corrected chi connectivity index (χ4v) is 9.35. The van der Waals surface area contributed by atoms with Crippen molar-refractivity contribution < 1.29 is 51.6 Å². The molecule has 0 atom stereocenters. The largest absolute Gasteiger partial charge is 2.00 e. The molecule has 0 N–H and O–H groups in total. The molecular weight excluding hydrogens is 1270 g/mol. The Bertz CT molecular complexity index is 3850. The molecule has 6 aromatic heterocycles. The average Bonchev–Trinajstić information content (AvgIpc) is 3.98. The Morgan fingerprint density at radius 3 is 1.11 bits per heavy atom. The molecule has 0 fully saturated rings. The molecule has 13 heteroatoms. The number of ether oxygens (including phenoxy) is 2. The van der Waals surface area contributed by atoms with Crippen LogP contribution >= 0.6 is 0 Å². The minimum Gasteiger partial charge on any atom is -0.509 e. The van der Waals surface area contributed by atoms with Crippen LogP contribution in [0.2, 0.25) is 0 Å². The molecule has 6 heterocycles. The number of rotatable bonds is 7. The van der Waals surface area contributed by atoms with E-state index in [-0.39, 0.29) is 64.3 Å². The first-order valence-corrected chi connectivity index (χ1v) is 23.8. The van der Waals surface area contributed by atoms with E-state index < -0.39 is 0 Å². The molecule has 366 valence electrons. The van der Waals surface area contributed by atoms with E-state index in [1.54, 1.807) is 0 Å². The summed E-state index contributed by atoms with van der Waals surface area (Å²) in [4.78, 5) is 9.70. The van der Waals surface area contributed by atoms with Gasteiger partial charge in [-0.2, -0.15) is 35.0 Å². The predicted molar refractivity (Wildman–Crippen MR) is 281 cm³/mol. The van der Waals surface area contributed by atoms with Gasteiger partial charge in [-0.05, 0) is 69.1 Å². The van der Waals surface area contributed by atoms with Gasteiger partial charge in [-0.15, -0.1) is 79.7 Å². The van der Waals surface area contributed by atoms with E-state index in [1.165, 1.54) is 11.1 Å². The standard InChI is InChI=1S/C60H49N9O2.2Pt/c1-58(2,3)36-26-28-61-54(30-36)67-48-16-12-10-14-42(48)44-22-18-38(32-50(44)67)70-40-20-24-46-47-25-21-41(35-53(47)69(52(46)34-40)57-65-63-56(64-66-57)60(7,8)9)71-39-19-23-45-43-15-11-13-17-49(43)68(51(45)33-39)55-31-37(27-29-62-55)59(4,5)6;;/h10-31H,1-9H3;;/q-4;2*+2. The zero-order valence-electron chi connectivity index (χ0n) is 41.7. The smallest absolute Gasteiger partial charge is 0.509 e. The molecule has 0 aliphatic heterocycles. The SMILES string of the molecule is CC(C)(C)c1ccnc(-n2c3[c-]c(Oc4[c-]c5c(cc4)c4ccc(Oc6[c-]c7c(cc6)c6ccccc6n7-c6cc(C(C)(C)C)ccn6)[c-]c4n5-c4nnc(C(C)(C)C)nn4)ccc3c3ccccc32)c1.[Pt+2].[Pt+2]. The third-order valence-electron chi connectivity index (χ3n) is 13.1. The van der Waals surface area contributed by atoms with Gasteiger partial charge in [0.15, 0.2) is 5.82 Å². The topological polar surface area (TPSA) is 111 Å². The van der Waals surface area contributed by atoms with Crippen molar-refractivity contribution in [3.63, 3.8) is 0 Å². The number of aromatic nitrogens is 9. The summed E-state index contributed by atoms with van der Waals surface area (Å²) in [5.74, 6) is 4.39. The Morgan fingerprint density at radius 2 is 0.740 bits per heavy atom. The predicted octanol–water partition coefficient (Wildman–Crippen LogP) is 14.0. The number of benzene rings is 6. The van der Waals surface area contributed by atoms with Gasteiger partial charge in [-0.25, -0.2) is 9.97 Å². The summed E-state index contributed by atoms with van der Waals surface area (Å²) < 4.78 is 19.5. The summed E-state index contributed by atoms with van der Waals surface area (Å²) in [6, 6.07) is 55.4. The molecule has 0 spiro atoms. The van der Waals surface area contributed by atoms with Crippen LogP contribution in [0.4, 0.5) is 0 Å². The van der Waals surface area contributed by atoms with Gasteiger partial charge in [0, 0.05) is 51.8 Å². The number of para-hydroxylation sites is 2. The molecule has 0 unspecified atom stereocenters. The second kappa shape index (κ2) is 18.5. The second-order valence-electron chi connectivity index (χ2n) is 21.2. The summed E-state index contributed by atoms with van der Waals surface area (Å²) in [5, 5.41) is 24.4. The fraction of sp³-hybridized carbons (Fsp3) is 0.200. The second-order valence-corrected chi connectivity index (χ2v) is 21.2. The molecule has 0 saturated heterocycles. The van der Waals surface area contributed by atoms with Crippen molar-refractivity contribution in [1.82, 2.24) is 44.1 Å². The first-order chi connectivity index (χ1) is 34.1. The van der Waals surface area contributed by atoms with E-state index in [9.17, 15) is 0 Å². The molecule has 0 saturated carbocycles. The summed E-state index contributed by atoms with van der Waals surface area (Å²) in [7, 11) is 0. The van der Waals surface area contributed by atoms with Gasteiger partial charge in [-0.1, -0.05) is 121 Å². The van der Waals surface area contributed by atoms with Gasteiger partial charge in [0.2, 0.25) is 0 Å². The third-order valence-corrected chi connectivity index (χ3v) is 13.1. The maximum atomic E-state index is 6.66. The van der Waals surface area contributed by atoms with Crippen LogP contribution in [0.3, 0.4) is 0 Å². The van der Waals surface area contributed by atoms with Crippen LogP contribution < -0.4 is 9.47 Å². The Hall–Kier alpha value is -7.06. The quantitative estimate of drug-likeness (QED) is 0.145. The Balaban J connectivity index is 0.00000306. The van der Waals surface area contributed by atoms with Crippen LogP contribution in [0.25, 0.3) is 83.0 Å². The number of hydrogen-bond donors (Lipinski definition) is 0. The van der Waals surface area contributed by atoms with E-state index in [0.717, 1.165) is 66.0 Å². The molecule has 73 heavy (non-hydrogen) atoms. The van der Waals surface area contributed by atoms with E-state index in [0.29, 0.717) is 39.9 Å². The Morgan fingerprint density at radius 1 is 0.384 bits per heavy atom. The Kier molecular flexibility index (Phi) is 12.5. The van der Waals surface area contributed by atoms with Crippen LogP contribution in [-0.2, 0) is 58.4 Å². The molecule has 6 aromatic carbocycles. The third kappa shape index (κ3) is 8.80. The fourth-order valence-electron chi connectivity index (χ4n) is 9.35. The summed E-state index contributed by atoms with van der Waals surface area (Å²) >= 11 is 0. The van der Waals surface area contributed by atoms with Crippen LogP contribution in [0.1, 0.15) is 79.3 Å². The molecule has 0 aliphatic rings. The number of nitrogens with zero attached hydrogens (tertiary/aromatic N) is 9. The molecule has 0 radical (unpaired) electrons. The summed E-state index contributed by atoms with van der Waals surface area (Å²) in [6.45, 7) is 19.3. The first kappa shape index (κ1) is 49.5. The first-order valence-electron chi connectivity index (χ1n) is 23.8. The van der Waals surface area contributed by atoms with Gasteiger partial charge in [-0.3, -0.25) is 0 Å². The number of pyridine rings is 2. The van der Waals surface area contributed by atoms with Crippen LogP contribution in [0.5, 0.6) is 23.0 Å².